The number of benzene rings is 1. The van der Waals surface area contributed by atoms with Crippen molar-refractivity contribution in [3.05, 3.63) is 108 Å². The number of rotatable bonds is 8. The van der Waals surface area contributed by atoms with Gasteiger partial charge in [0.25, 0.3) is 5.91 Å². The lowest BCUT2D eigenvalue weighted by Gasteiger charge is -2.25. The second-order valence-electron chi connectivity index (χ2n) is 7.71. The highest BCUT2D eigenvalue weighted by Crippen LogP contribution is 2.33. The van der Waals surface area contributed by atoms with Crippen LogP contribution >= 0.6 is 0 Å². The van der Waals surface area contributed by atoms with Crippen LogP contribution in [0.25, 0.3) is 0 Å². The van der Waals surface area contributed by atoms with Crippen LogP contribution in [0.4, 0.5) is 0 Å². The fraction of sp³-hybridized carbons (Fsp3) is 0.200. The topological polar surface area (TPSA) is 75.3 Å². The van der Waals surface area contributed by atoms with Crippen molar-refractivity contribution in [3.63, 3.8) is 0 Å². The number of hydrogen-bond donors (Lipinski definition) is 0. The minimum Gasteiger partial charge on any atom is -0.468 e. The van der Waals surface area contributed by atoms with Crippen molar-refractivity contribution in [3.8, 4) is 0 Å². The average molecular weight is 429 g/mol. The van der Waals surface area contributed by atoms with Gasteiger partial charge in [0.1, 0.15) is 29.0 Å². The third-order valence-corrected chi connectivity index (χ3v) is 5.41. The molecular weight excluding hydrogens is 406 g/mol. The van der Waals surface area contributed by atoms with Crippen LogP contribution in [0, 0.1) is 0 Å². The summed E-state index contributed by atoms with van der Waals surface area (Å²) in [5.74, 6) is 2.05. The maximum absolute atomic E-state index is 13.5. The van der Waals surface area contributed by atoms with Crippen molar-refractivity contribution in [2.24, 2.45) is 5.10 Å². The molecule has 4 heterocycles. The number of carbonyl (C=O) groups is 1. The zero-order valence-corrected chi connectivity index (χ0v) is 17.5. The molecule has 7 heteroatoms. The number of furan rings is 3. The number of carbonyl (C=O) groups excluding carboxylic acids is 1. The summed E-state index contributed by atoms with van der Waals surface area (Å²) in [5, 5.41) is 6.15. The van der Waals surface area contributed by atoms with Gasteiger partial charge in [-0.2, -0.15) is 5.10 Å². The van der Waals surface area contributed by atoms with Gasteiger partial charge in [0.15, 0.2) is 0 Å². The molecule has 0 radical (unpaired) electrons. The zero-order chi connectivity index (χ0) is 21.8. The molecule has 3 aromatic heterocycles. The van der Waals surface area contributed by atoms with E-state index in [1.165, 1.54) is 5.01 Å². The smallest absolute Gasteiger partial charge is 0.257 e. The first-order chi connectivity index (χ1) is 15.8. The molecule has 0 aliphatic carbocycles. The molecule has 5 rings (SSSR count). The van der Waals surface area contributed by atoms with Gasteiger partial charge in [0.2, 0.25) is 0 Å². The fourth-order valence-corrected chi connectivity index (χ4v) is 3.93. The molecule has 0 saturated carbocycles. The Morgan fingerprint density at radius 2 is 1.69 bits per heavy atom. The van der Waals surface area contributed by atoms with Crippen molar-refractivity contribution in [2.75, 3.05) is 6.54 Å². The van der Waals surface area contributed by atoms with E-state index in [9.17, 15) is 4.79 Å². The van der Waals surface area contributed by atoms with E-state index >= 15 is 0 Å². The molecular formula is C25H23N3O4. The van der Waals surface area contributed by atoms with Crippen LogP contribution in [-0.2, 0) is 17.9 Å². The summed E-state index contributed by atoms with van der Waals surface area (Å²) in [7, 11) is 0. The van der Waals surface area contributed by atoms with E-state index < -0.39 is 0 Å². The minimum atomic E-state index is -0.306. The zero-order valence-electron chi connectivity index (χ0n) is 17.5. The Morgan fingerprint density at radius 3 is 2.41 bits per heavy atom. The highest BCUT2D eigenvalue weighted by atomic mass is 16.3. The number of hydrazone groups is 1. The number of nitrogens with zero attached hydrogens (tertiary/aromatic N) is 3. The van der Waals surface area contributed by atoms with Crippen molar-refractivity contribution < 1.29 is 18.0 Å². The SMILES string of the molecule is O=C(CN(Cc1ccccc1)Cc1ccco1)N1N=C(c2ccco2)CC1c1ccco1. The Morgan fingerprint density at radius 1 is 0.906 bits per heavy atom. The molecule has 1 unspecified atom stereocenters. The van der Waals surface area contributed by atoms with Gasteiger partial charge in [0, 0.05) is 13.0 Å². The van der Waals surface area contributed by atoms with E-state index in [0.717, 1.165) is 17.0 Å². The summed E-state index contributed by atoms with van der Waals surface area (Å²) in [6, 6.07) is 20.9. The second kappa shape index (κ2) is 9.11. The van der Waals surface area contributed by atoms with E-state index in [2.05, 4.69) is 10.0 Å². The van der Waals surface area contributed by atoms with Crippen LogP contribution < -0.4 is 0 Å². The standard InChI is InChI=1S/C25H23N3O4/c29-25(18-27(17-20-9-4-12-30-20)16-19-7-2-1-3-8-19)28-22(24-11-6-14-32-24)15-21(26-28)23-10-5-13-31-23/h1-14,22H,15-18H2. The van der Waals surface area contributed by atoms with Crippen molar-refractivity contribution >= 4 is 11.6 Å². The largest absolute Gasteiger partial charge is 0.468 e. The summed E-state index contributed by atoms with van der Waals surface area (Å²) < 4.78 is 16.7. The van der Waals surface area contributed by atoms with E-state index in [4.69, 9.17) is 13.3 Å². The van der Waals surface area contributed by atoms with E-state index in [1.54, 1.807) is 18.8 Å². The first-order valence-electron chi connectivity index (χ1n) is 10.5. The molecule has 1 atom stereocenters. The lowest BCUT2D eigenvalue weighted by Crippen LogP contribution is -2.37. The normalized spacial score (nSPS) is 16.0. The predicted octanol–water partition coefficient (Wildman–Crippen LogP) is 4.85. The summed E-state index contributed by atoms with van der Waals surface area (Å²) >= 11 is 0. The quantitative estimate of drug-likeness (QED) is 0.400. The van der Waals surface area contributed by atoms with Crippen LogP contribution in [0.2, 0.25) is 0 Å². The molecule has 0 saturated heterocycles. The second-order valence-corrected chi connectivity index (χ2v) is 7.71. The summed E-state index contributed by atoms with van der Waals surface area (Å²) in [5.41, 5.74) is 1.85. The van der Waals surface area contributed by atoms with Gasteiger partial charge in [-0.3, -0.25) is 9.69 Å². The molecule has 0 fully saturated rings. The van der Waals surface area contributed by atoms with Crippen molar-refractivity contribution in [2.45, 2.75) is 25.6 Å². The maximum atomic E-state index is 13.5. The van der Waals surface area contributed by atoms with Crippen LogP contribution in [0.1, 0.15) is 35.3 Å². The Hall–Kier alpha value is -3.84. The third kappa shape index (κ3) is 4.43. The fourth-order valence-electron chi connectivity index (χ4n) is 3.93. The van der Waals surface area contributed by atoms with Crippen molar-refractivity contribution in [1.29, 1.82) is 0 Å². The summed E-state index contributed by atoms with van der Waals surface area (Å²) in [6.45, 7) is 1.31. The van der Waals surface area contributed by atoms with Gasteiger partial charge in [-0.15, -0.1) is 0 Å². The lowest BCUT2D eigenvalue weighted by molar-refractivity contribution is -0.135. The average Bonchev–Trinajstić information content (AvgIpc) is 3.61. The van der Waals surface area contributed by atoms with Crippen LogP contribution in [-0.4, -0.2) is 28.1 Å². The van der Waals surface area contributed by atoms with E-state index in [0.29, 0.717) is 31.0 Å². The molecule has 1 amide bonds. The van der Waals surface area contributed by atoms with Gasteiger partial charge in [0.05, 0.1) is 31.9 Å². The molecule has 4 aromatic rings. The minimum absolute atomic E-state index is 0.115. The molecule has 0 spiro atoms. The predicted molar refractivity (Wildman–Crippen MR) is 117 cm³/mol. The van der Waals surface area contributed by atoms with Gasteiger partial charge in [-0.05, 0) is 42.0 Å². The molecule has 0 bridgehead atoms. The Bertz CT molecular complexity index is 1150. The Labute approximate surface area is 185 Å². The summed E-state index contributed by atoms with van der Waals surface area (Å²) in [6.07, 6.45) is 5.39. The number of hydrogen-bond acceptors (Lipinski definition) is 6. The lowest BCUT2D eigenvalue weighted by atomic mass is 10.1. The van der Waals surface area contributed by atoms with Gasteiger partial charge in [-0.25, -0.2) is 5.01 Å². The number of amides is 1. The third-order valence-electron chi connectivity index (χ3n) is 5.41. The molecule has 1 aliphatic rings. The molecule has 1 aliphatic heterocycles. The van der Waals surface area contributed by atoms with Crippen LogP contribution in [0.5, 0.6) is 0 Å². The highest BCUT2D eigenvalue weighted by Gasteiger charge is 2.36. The molecule has 7 nitrogen and oxygen atoms in total. The highest BCUT2D eigenvalue weighted by molar-refractivity contribution is 6.01. The van der Waals surface area contributed by atoms with E-state index in [1.807, 2.05) is 66.7 Å². The molecule has 32 heavy (non-hydrogen) atoms. The maximum Gasteiger partial charge on any atom is 0.257 e. The first-order valence-corrected chi connectivity index (χ1v) is 10.5. The van der Waals surface area contributed by atoms with E-state index in [-0.39, 0.29) is 18.5 Å². The van der Waals surface area contributed by atoms with Crippen molar-refractivity contribution in [1.82, 2.24) is 9.91 Å². The first kappa shape index (κ1) is 20.1. The van der Waals surface area contributed by atoms with Gasteiger partial charge >= 0.3 is 0 Å². The Balaban J connectivity index is 1.38. The monoisotopic (exact) mass is 429 g/mol. The van der Waals surface area contributed by atoms with Gasteiger partial charge in [-0.1, -0.05) is 30.3 Å². The summed E-state index contributed by atoms with van der Waals surface area (Å²) in [4.78, 5) is 15.5. The Kier molecular flexibility index (Phi) is 5.72. The van der Waals surface area contributed by atoms with Crippen LogP contribution in [0.3, 0.4) is 0 Å². The molecule has 1 aromatic carbocycles. The molecule has 0 N–H and O–H groups in total. The molecule has 162 valence electrons. The van der Waals surface area contributed by atoms with Crippen LogP contribution in [0.15, 0.2) is 104 Å². The van der Waals surface area contributed by atoms with Gasteiger partial charge < -0.3 is 13.3 Å².